The Morgan fingerprint density at radius 3 is 2.71 bits per heavy atom. The lowest BCUT2D eigenvalue weighted by Gasteiger charge is -2.10. The lowest BCUT2D eigenvalue weighted by atomic mass is 10.2. The summed E-state index contributed by atoms with van der Waals surface area (Å²) < 4.78 is 0. The van der Waals surface area contributed by atoms with Gasteiger partial charge in [-0.2, -0.15) is 4.98 Å². The molecule has 0 aliphatic rings. The topological polar surface area (TPSA) is 49.8 Å². The Labute approximate surface area is 131 Å². The van der Waals surface area contributed by atoms with Gasteiger partial charge in [0.15, 0.2) is 0 Å². The van der Waals surface area contributed by atoms with Crippen molar-refractivity contribution in [3.63, 3.8) is 0 Å². The van der Waals surface area contributed by atoms with Crippen molar-refractivity contribution in [1.29, 1.82) is 0 Å². The van der Waals surface area contributed by atoms with Crippen LogP contribution in [0.5, 0.6) is 0 Å². The van der Waals surface area contributed by atoms with E-state index in [0.29, 0.717) is 12.5 Å². The third kappa shape index (κ3) is 4.90. The summed E-state index contributed by atoms with van der Waals surface area (Å²) in [5.41, 5.74) is 1.97. The highest BCUT2D eigenvalue weighted by Crippen LogP contribution is 2.16. The second-order valence-electron chi connectivity index (χ2n) is 4.94. The third-order valence-corrected chi connectivity index (χ3v) is 3.45. The van der Waals surface area contributed by atoms with Crippen molar-refractivity contribution in [3.05, 3.63) is 46.6 Å². The Morgan fingerprint density at radius 1 is 1.14 bits per heavy atom. The summed E-state index contributed by atoms with van der Waals surface area (Å²) in [6.07, 6.45) is 2.29. The fourth-order valence-electron chi connectivity index (χ4n) is 1.95. The maximum Gasteiger partial charge on any atom is 0.225 e. The minimum absolute atomic E-state index is 0.609. The summed E-state index contributed by atoms with van der Waals surface area (Å²) in [5.74, 6) is 1.48. The Balaban J connectivity index is 2.01. The fourth-order valence-corrected chi connectivity index (χ4v) is 2.15. The van der Waals surface area contributed by atoms with Crippen LogP contribution in [-0.4, -0.2) is 16.5 Å². The molecule has 0 spiro atoms. The molecule has 0 bridgehead atoms. The molecule has 1 aromatic heterocycles. The highest BCUT2D eigenvalue weighted by atomic mass is 35.5. The predicted molar refractivity (Wildman–Crippen MR) is 88.9 cm³/mol. The van der Waals surface area contributed by atoms with Crippen LogP contribution >= 0.6 is 11.6 Å². The number of aromatic nitrogens is 2. The maximum absolute atomic E-state index is 6.14. The summed E-state index contributed by atoms with van der Waals surface area (Å²) >= 11 is 6.14. The number of nitrogens with zero attached hydrogens (tertiary/aromatic N) is 2. The van der Waals surface area contributed by atoms with Crippen LogP contribution in [0, 0.1) is 6.92 Å². The van der Waals surface area contributed by atoms with E-state index in [2.05, 4.69) is 27.5 Å². The van der Waals surface area contributed by atoms with Crippen molar-refractivity contribution in [2.75, 3.05) is 17.2 Å². The average molecular weight is 305 g/mol. The van der Waals surface area contributed by atoms with E-state index in [1.807, 2.05) is 37.3 Å². The Bertz CT molecular complexity index is 586. The van der Waals surface area contributed by atoms with Gasteiger partial charge >= 0.3 is 0 Å². The van der Waals surface area contributed by atoms with E-state index < -0.39 is 0 Å². The monoisotopic (exact) mass is 304 g/mol. The summed E-state index contributed by atoms with van der Waals surface area (Å²) in [5, 5.41) is 7.29. The number of hydrogen-bond donors (Lipinski definition) is 2. The maximum atomic E-state index is 6.14. The Kier molecular flexibility index (Phi) is 5.81. The molecule has 0 saturated carbocycles. The van der Waals surface area contributed by atoms with Crippen LogP contribution in [0.2, 0.25) is 5.02 Å². The van der Waals surface area contributed by atoms with Gasteiger partial charge in [-0.25, -0.2) is 4.98 Å². The van der Waals surface area contributed by atoms with E-state index in [1.54, 1.807) is 0 Å². The molecule has 4 nitrogen and oxygen atoms in total. The highest BCUT2D eigenvalue weighted by Gasteiger charge is 2.03. The Morgan fingerprint density at radius 2 is 1.95 bits per heavy atom. The molecule has 112 valence electrons. The molecule has 21 heavy (non-hydrogen) atoms. The van der Waals surface area contributed by atoms with Gasteiger partial charge in [0.2, 0.25) is 5.95 Å². The molecule has 2 aromatic rings. The summed E-state index contributed by atoms with van der Waals surface area (Å²) in [6, 6.07) is 9.72. The zero-order chi connectivity index (χ0) is 15.1. The molecule has 0 saturated heterocycles. The molecule has 5 heteroatoms. The number of hydrogen-bond acceptors (Lipinski definition) is 4. The normalized spacial score (nSPS) is 10.4. The second kappa shape index (κ2) is 7.84. The molecular formula is C16H21ClN4. The van der Waals surface area contributed by atoms with Crippen LogP contribution in [0.15, 0.2) is 30.3 Å². The minimum Gasteiger partial charge on any atom is -0.370 e. The van der Waals surface area contributed by atoms with Gasteiger partial charge in [-0.1, -0.05) is 43.1 Å². The molecule has 1 heterocycles. The quantitative estimate of drug-likeness (QED) is 0.750. The van der Waals surface area contributed by atoms with E-state index in [9.17, 15) is 0 Å². The van der Waals surface area contributed by atoms with Gasteiger partial charge < -0.3 is 10.6 Å². The standard InChI is InChI=1S/C16H21ClN4/c1-3-4-9-18-15-10-12(2)20-16(21-15)19-11-13-7-5-6-8-14(13)17/h5-8,10H,3-4,9,11H2,1-2H3,(H2,18,19,20,21). The molecule has 1 aromatic carbocycles. The second-order valence-corrected chi connectivity index (χ2v) is 5.35. The van der Waals surface area contributed by atoms with Crippen LogP contribution in [0.3, 0.4) is 0 Å². The molecule has 2 rings (SSSR count). The zero-order valence-corrected chi connectivity index (χ0v) is 13.2. The summed E-state index contributed by atoms with van der Waals surface area (Å²) in [6.45, 7) is 5.67. The Hall–Kier alpha value is -1.81. The molecule has 0 atom stereocenters. The molecular weight excluding hydrogens is 284 g/mol. The van der Waals surface area contributed by atoms with Crippen LogP contribution in [-0.2, 0) is 6.54 Å². The van der Waals surface area contributed by atoms with E-state index in [-0.39, 0.29) is 0 Å². The average Bonchev–Trinajstić information content (AvgIpc) is 2.46. The minimum atomic E-state index is 0.609. The van der Waals surface area contributed by atoms with Crippen LogP contribution in [0.25, 0.3) is 0 Å². The highest BCUT2D eigenvalue weighted by molar-refractivity contribution is 6.31. The zero-order valence-electron chi connectivity index (χ0n) is 12.5. The molecule has 0 amide bonds. The number of halogens is 1. The van der Waals surface area contributed by atoms with E-state index in [4.69, 9.17) is 11.6 Å². The molecule has 0 fully saturated rings. The number of anilines is 2. The van der Waals surface area contributed by atoms with Crippen molar-refractivity contribution in [2.24, 2.45) is 0 Å². The number of unbranched alkanes of at least 4 members (excludes halogenated alkanes) is 1. The first-order valence-electron chi connectivity index (χ1n) is 7.26. The van der Waals surface area contributed by atoms with Crippen LogP contribution in [0.4, 0.5) is 11.8 Å². The fraction of sp³-hybridized carbons (Fsp3) is 0.375. The van der Waals surface area contributed by atoms with Crippen LogP contribution in [0.1, 0.15) is 31.0 Å². The van der Waals surface area contributed by atoms with Gasteiger partial charge in [0.25, 0.3) is 0 Å². The lowest BCUT2D eigenvalue weighted by Crippen LogP contribution is -2.09. The first kappa shape index (κ1) is 15.6. The SMILES string of the molecule is CCCCNc1cc(C)nc(NCc2ccccc2Cl)n1. The van der Waals surface area contributed by atoms with Gasteiger partial charge in [0.05, 0.1) is 0 Å². The number of benzene rings is 1. The van der Waals surface area contributed by atoms with Gasteiger partial charge in [-0.3, -0.25) is 0 Å². The van der Waals surface area contributed by atoms with E-state index >= 15 is 0 Å². The van der Waals surface area contributed by atoms with Gasteiger partial charge in [-0.05, 0) is 25.0 Å². The van der Waals surface area contributed by atoms with Gasteiger partial charge in [0.1, 0.15) is 5.82 Å². The van der Waals surface area contributed by atoms with Crippen LogP contribution < -0.4 is 10.6 Å². The third-order valence-electron chi connectivity index (χ3n) is 3.09. The van der Waals surface area contributed by atoms with Crippen molar-refractivity contribution in [1.82, 2.24) is 9.97 Å². The number of aryl methyl sites for hydroxylation is 1. The van der Waals surface area contributed by atoms with Crippen molar-refractivity contribution in [3.8, 4) is 0 Å². The van der Waals surface area contributed by atoms with E-state index in [1.165, 1.54) is 0 Å². The first-order valence-corrected chi connectivity index (χ1v) is 7.63. The summed E-state index contributed by atoms with van der Waals surface area (Å²) in [4.78, 5) is 8.88. The number of rotatable bonds is 7. The van der Waals surface area contributed by atoms with Crippen molar-refractivity contribution in [2.45, 2.75) is 33.2 Å². The first-order chi connectivity index (χ1) is 10.2. The summed E-state index contributed by atoms with van der Waals surface area (Å²) in [7, 11) is 0. The molecule has 0 radical (unpaired) electrons. The molecule has 0 aliphatic carbocycles. The molecule has 2 N–H and O–H groups in total. The van der Waals surface area contributed by atoms with Gasteiger partial charge in [0, 0.05) is 29.9 Å². The van der Waals surface area contributed by atoms with Crippen molar-refractivity contribution >= 4 is 23.4 Å². The number of nitrogens with one attached hydrogen (secondary N) is 2. The van der Waals surface area contributed by atoms with Crippen molar-refractivity contribution < 1.29 is 0 Å². The molecule has 0 aliphatic heterocycles. The smallest absolute Gasteiger partial charge is 0.225 e. The predicted octanol–water partition coefficient (Wildman–Crippen LogP) is 4.26. The van der Waals surface area contributed by atoms with E-state index in [0.717, 1.165) is 41.5 Å². The molecule has 0 unspecified atom stereocenters. The largest absolute Gasteiger partial charge is 0.370 e. The van der Waals surface area contributed by atoms with Gasteiger partial charge in [-0.15, -0.1) is 0 Å². The lowest BCUT2D eigenvalue weighted by molar-refractivity contribution is 0.829.